The number of aryl methyl sites for hydroxylation is 1. The molecule has 0 aliphatic heterocycles. The molecular formula is C17H25N3O. The Labute approximate surface area is 126 Å². The van der Waals surface area contributed by atoms with Gasteiger partial charge in [-0.25, -0.2) is 0 Å². The summed E-state index contributed by atoms with van der Waals surface area (Å²) in [5.41, 5.74) is 1.06. The molecule has 1 heterocycles. The van der Waals surface area contributed by atoms with E-state index < -0.39 is 0 Å². The standard InChI is InChI=1S/C17H25N3O/c1-11-3-4-20(19-11)12(2)16(21)18-17-8-13-5-14(9-17)7-15(6-13)10-17/h3-4,12-15H,5-10H2,1-2H3,(H,18,21). The van der Waals surface area contributed by atoms with Gasteiger partial charge in [-0.1, -0.05) is 0 Å². The summed E-state index contributed by atoms with van der Waals surface area (Å²) in [6.45, 7) is 3.91. The fourth-order valence-electron chi connectivity index (χ4n) is 5.40. The number of nitrogens with zero attached hydrogens (tertiary/aromatic N) is 2. The van der Waals surface area contributed by atoms with Crippen LogP contribution in [0.5, 0.6) is 0 Å². The second-order valence-electron chi connectivity index (χ2n) is 7.80. The van der Waals surface area contributed by atoms with Crippen LogP contribution >= 0.6 is 0 Å². The monoisotopic (exact) mass is 287 g/mol. The molecule has 21 heavy (non-hydrogen) atoms. The fraction of sp³-hybridized carbons (Fsp3) is 0.765. The Morgan fingerprint density at radius 3 is 2.33 bits per heavy atom. The third-order valence-corrected chi connectivity index (χ3v) is 5.94. The van der Waals surface area contributed by atoms with E-state index >= 15 is 0 Å². The fourth-order valence-corrected chi connectivity index (χ4v) is 5.40. The smallest absolute Gasteiger partial charge is 0.245 e. The summed E-state index contributed by atoms with van der Waals surface area (Å²) in [7, 11) is 0. The van der Waals surface area contributed by atoms with Gasteiger partial charge in [-0.15, -0.1) is 0 Å². The van der Waals surface area contributed by atoms with Gasteiger partial charge in [-0.05, 0) is 76.2 Å². The molecule has 1 aromatic rings. The summed E-state index contributed by atoms with van der Waals surface area (Å²) in [5, 5.41) is 7.81. The zero-order chi connectivity index (χ0) is 14.6. The molecule has 4 nitrogen and oxygen atoms in total. The Morgan fingerprint density at radius 1 is 1.29 bits per heavy atom. The first kappa shape index (κ1) is 13.4. The van der Waals surface area contributed by atoms with Crippen LogP contribution in [0.2, 0.25) is 0 Å². The SMILES string of the molecule is Cc1ccn(C(C)C(=O)NC23CC4CC(CC(C4)C2)C3)n1. The molecule has 4 aliphatic carbocycles. The third kappa shape index (κ3) is 2.29. The molecule has 4 heteroatoms. The van der Waals surface area contributed by atoms with E-state index in [1.54, 1.807) is 4.68 Å². The highest BCUT2D eigenvalue weighted by Gasteiger charge is 2.51. The normalized spacial score (nSPS) is 38.5. The average Bonchev–Trinajstić information content (AvgIpc) is 2.82. The lowest BCUT2D eigenvalue weighted by Crippen LogP contribution is -2.60. The summed E-state index contributed by atoms with van der Waals surface area (Å²) in [6, 6.07) is 1.74. The van der Waals surface area contributed by atoms with E-state index in [-0.39, 0.29) is 17.5 Å². The largest absolute Gasteiger partial charge is 0.349 e. The van der Waals surface area contributed by atoms with Crippen molar-refractivity contribution in [1.82, 2.24) is 15.1 Å². The maximum atomic E-state index is 12.7. The topological polar surface area (TPSA) is 46.9 Å². The maximum absolute atomic E-state index is 12.7. The van der Waals surface area contributed by atoms with Gasteiger partial charge in [-0.2, -0.15) is 5.10 Å². The molecule has 0 radical (unpaired) electrons. The minimum atomic E-state index is -0.216. The second-order valence-corrected chi connectivity index (χ2v) is 7.80. The molecule has 4 bridgehead atoms. The molecule has 1 aromatic heterocycles. The van der Waals surface area contributed by atoms with Gasteiger partial charge < -0.3 is 5.32 Å². The molecule has 1 N–H and O–H groups in total. The van der Waals surface area contributed by atoms with Crippen molar-refractivity contribution in [2.24, 2.45) is 17.8 Å². The second kappa shape index (κ2) is 4.59. The van der Waals surface area contributed by atoms with Gasteiger partial charge >= 0.3 is 0 Å². The number of nitrogens with one attached hydrogen (secondary N) is 1. The summed E-state index contributed by atoms with van der Waals surface area (Å²) < 4.78 is 1.78. The van der Waals surface area contributed by atoms with Crippen molar-refractivity contribution < 1.29 is 4.79 Å². The van der Waals surface area contributed by atoms with E-state index in [1.807, 2.05) is 26.1 Å². The van der Waals surface area contributed by atoms with Gasteiger partial charge in [0.15, 0.2) is 0 Å². The molecule has 4 fully saturated rings. The number of carbonyl (C=O) groups excluding carboxylic acids is 1. The van der Waals surface area contributed by atoms with E-state index in [9.17, 15) is 4.79 Å². The van der Waals surface area contributed by atoms with E-state index in [4.69, 9.17) is 0 Å². The van der Waals surface area contributed by atoms with Gasteiger partial charge in [0.05, 0.1) is 5.69 Å². The van der Waals surface area contributed by atoms with E-state index in [2.05, 4.69) is 10.4 Å². The summed E-state index contributed by atoms with van der Waals surface area (Å²) >= 11 is 0. The minimum absolute atomic E-state index is 0.0995. The van der Waals surface area contributed by atoms with E-state index in [0.717, 1.165) is 23.4 Å². The Balaban J connectivity index is 1.49. The number of rotatable bonds is 3. The van der Waals surface area contributed by atoms with Gasteiger partial charge in [0.25, 0.3) is 0 Å². The maximum Gasteiger partial charge on any atom is 0.245 e. The van der Waals surface area contributed by atoms with Crippen LogP contribution in [0.3, 0.4) is 0 Å². The van der Waals surface area contributed by atoms with Crippen LogP contribution in [0.15, 0.2) is 12.3 Å². The van der Waals surface area contributed by atoms with Crippen molar-refractivity contribution in [2.75, 3.05) is 0 Å². The molecule has 0 aromatic carbocycles. The molecule has 0 saturated heterocycles. The van der Waals surface area contributed by atoms with Crippen LogP contribution in [-0.4, -0.2) is 21.2 Å². The lowest BCUT2D eigenvalue weighted by Gasteiger charge is -2.57. The molecule has 5 rings (SSSR count). The zero-order valence-electron chi connectivity index (χ0n) is 13.0. The van der Waals surface area contributed by atoms with Crippen molar-refractivity contribution in [2.45, 2.75) is 64.0 Å². The minimum Gasteiger partial charge on any atom is -0.349 e. The summed E-state index contributed by atoms with van der Waals surface area (Å²) in [4.78, 5) is 12.7. The predicted octanol–water partition coefficient (Wildman–Crippen LogP) is 2.84. The highest BCUT2D eigenvalue weighted by molar-refractivity contribution is 5.80. The van der Waals surface area contributed by atoms with Crippen molar-refractivity contribution >= 4 is 5.91 Å². The number of amides is 1. The first-order valence-corrected chi connectivity index (χ1v) is 8.37. The zero-order valence-corrected chi connectivity index (χ0v) is 13.0. The Kier molecular flexibility index (Phi) is 2.92. The molecule has 4 saturated carbocycles. The molecule has 4 aliphatic rings. The predicted molar refractivity (Wildman–Crippen MR) is 80.7 cm³/mol. The lowest BCUT2D eigenvalue weighted by molar-refractivity contribution is -0.129. The summed E-state index contributed by atoms with van der Waals surface area (Å²) in [6.07, 6.45) is 9.73. The quantitative estimate of drug-likeness (QED) is 0.929. The van der Waals surface area contributed by atoms with Crippen molar-refractivity contribution in [3.8, 4) is 0 Å². The van der Waals surface area contributed by atoms with Crippen LogP contribution in [0.4, 0.5) is 0 Å². The number of aromatic nitrogens is 2. The van der Waals surface area contributed by atoms with Gasteiger partial charge in [0.1, 0.15) is 6.04 Å². The molecule has 1 unspecified atom stereocenters. The average molecular weight is 287 g/mol. The first-order valence-electron chi connectivity index (χ1n) is 8.37. The van der Waals surface area contributed by atoms with Crippen LogP contribution in [0, 0.1) is 24.7 Å². The van der Waals surface area contributed by atoms with Gasteiger partial charge in [-0.3, -0.25) is 9.48 Å². The van der Waals surface area contributed by atoms with Crippen LogP contribution in [-0.2, 0) is 4.79 Å². The van der Waals surface area contributed by atoms with Crippen molar-refractivity contribution in [1.29, 1.82) is 0 Å². The molecular weight excluding hydrogens is 262 g/mol. The Hall–Kier alpha value is -1.32. The first-order chi connectivity index (χ1) is 10.0. The Bertz CT molecular complexity index is 527. The van der Waals surface area contributed by atoms with Crippen LogP contribution in [0.1, 0.15) is 57.2 Å². The van der Waals surface area contributed by atoms with Crippen LogP contribution < -0.4 is 5.32 Å². The molecule has 0 spiro atoms. The number of hydrogen-bond acceptors (Lipinski definition) is 2. The molecule has 1 atom stereocenters. The molecule has 1 amide bonds. The number of hydrogen-bond donors (Lipinski definition) is 1. The van der Waals surface area contributed by atoms with E-state index in [0.29, 0.717) is 0 Å². The van der Waals surface area contributed by atoms with Gasteiger partial charge in [0, 0.05) is 11.7 Å². The van der Waals surface area contributed by atoms with Crippen molar-refractivity contribution in [3.63, 3.8) is 0 Å². The van der Waals surface area contributed by atoms with Crippen molar-refractivity contribution in [3.05, 3.63) is 18.0 Å². The third-order valence-electron chi connectivity index (χ3n) is 5.94. The Morgan fingerprint density at radius 2 is 1.86 bits per heavy atom. The summed E-state index contributed by atoms with van der Waals surface area (Å²) in [5.74, 6) is 2.72. The molecule has 114 valence electrons. The highest BCUT2D eigenvalue weighted by atomic mass is 16.2. The highest BCUT2D eigenvalue weighted by Crippen LogP contribution is 2.55. The lowest BCUT2D eigenvalue weighted by atomic mass is 9.53. The van der Waals surface area contributed by atoms with Gasteiger partial charge in [0.2, 0.25) is 5.91 Å². The number of carbonyl (C=O) groups is 1. The van der Waals surface area contributed by atoms with E-state index in [1.165, 1.54) is 38.5 Å². The van der Waals surface area contributed by atoms with Crippen LogP contribution in [0.25, 0.3) is 0 Å².